The lowest BCUT2D eigenvalue weighted by atomic mass is 10.0. The number of amides is 3. The van der Waals surface area contributed by atoms with E-state index in [2.05, 4.69) is 17.2 Å². The maximum absolute atomic E-state index is 13.5. The Balaban J connectivity index is 1.99. The minimum Gasteiger partial charge on any atom is -0.481 e. The first kappa shape index (κ1) is 28.4. The van der Waals surface area contributed by atoms with Crippen LogP contribution in [0.15, 0.2) is 60.0 Å². The molecule has 1 aliphatic heterocycles. The molecule has 2 atom stereocenters. The number of aliphatic carboxylic acids is 1. The second-order valence-corrected chi connectivity index (χ2v) is 10.6. The van der Waals surface area contributed by atoms with Crippen LogP contribution in [-0.4, -0.2) is 66.4 Å². The van der Waals surface area contributed by atoms with Gasteiger partial charge in [0.25, 0.3) is 5.91 Å². The largest absolute Gasteiger partial charge is 0.481 e. The highest BCUT2D eigenvalue weighted by Crippen LogP contribution is 2.30. The molecule has 0 aromatic heterocycles. The van der Waals surface area contributed by atoms with E-state index in [1.807, 2.05) is 0 Å². The van der Waals surface area contributed by atoms with Gasteiger partial charge in [-0.25, -0.2) is 17.6 Å². The van der Waals surface area contributed by atoms with E-state index >= 15 is 0 Å². The summed E-state index contributed by atoms with van der Waals surface area (Å²) in [5, 5.41) is 14.5. The number of hydrogen-bond acceptors (Lipinski definition) is 5. The van der Waals surface area contributed by atoms with E-state index in [0.717, 1.165) is 27.4 Å². The molecule has 0 saturated carbocycles. The van der Waals surface area contributed by atoms with Crippen molar-refractivity contribution in [3.8, 4) is 0 Å². The third-order valence-electron chi connectivity index (χ3n) is 5.49. The normalized spacial score (nSPS) is 16.7. The number of nitrogens with zero attached hydrogens (tertiary/aromatic N) is 2. The number of halogens is 3. The predicted molar refractivity (Wildman–Crippen MR) is 134 cm³/mol. The Bertz CT molecular complexity index is 1310. The van der Waals surface area contributed by atoms with Gasteiger partial charge >= 0.3 is 12.0 Å². The van der Waals surface area contributed by atoms with Gasteiger partial charge in [-0.15, -0.1) is 6.58 Å². The Morgan fingerprint density at radius 1 is 1.14 bits per heavy atom. The van der Waals surface area contributed by atoms with Gasteiger partial charge in [0.2, 0.25) is 10.0 Å². The second kappa shape index (κ2) is 11.9. The van der Waals surface area contributed by atoms with Gasteiger partial charge < -0.3 is 15.7 Å². The van der Waals surface area contributed by atoms with E-state index in [1.54, 1.807) is 0 Å². The Kier molecular flexibility index (Phi) is 9.13. The zero-order valence-electron chi connectivity index (χ0n) is 19.2. The summed E-state index contributed by atoms with van der Waals surface area (Å²) in [5.74, 6) is -2.78. The molecule has 0 radical (unpaired) electrons. The number of sulfonamides is 1. The molecule has 0 bridgehead atoms. The van der Waals surface area contributed by atoms with Crippen LogP contribution in [0.2, 0.25) is 10.0 Å². The molecular formula is C23H23Cl2FN4O6S. The number of carbonyl (C=O) groups excluding carboxylic acids is 2. The number of urea groups is 1. The molecule has 0 spiro atoms. The molecule has 1 heterocycles. The first-order valence-corrected chi connectivity index (χ1v) is 13.0. The first-order chi connectivity index (χ1) is 17.4. The highest BCUT2D eigenvalue weighted by atomic mass is 35.5. The standard InChI is InChI=1S/C23H23Cl2FN4O6S/c1-2-9-27-23(34)29-10-11-30(37(35,36)16-7-8-17(24)18(25)12-16)22(29)21(33)28-19(13-20(31)32)14-3-5-15(26)6-4-14/h2-8,12,19,22H,1,9-11,13H2,(H,27,34)(H,28,33)(H,31,32). The first-order valence-electron chi connectivity index (χ1n) is 10.9. The molecule has 10 nitrogen and oxygen atoms in total. The van der Waals surface area contributed by atoms with Crippen LogP contribution in [0.4, 0.5) is 9.18 Å². The van der Waals surface area contributed by atoms with E-state index in [1.165, 1.54) is 30.3 Å². The summed E-state index contributed by atoms with van der Waals surface area (Å²) in [4.78, 5) is 38.5. The lowest BCUT2D eigenvalue weighted by Crippen LogP contribution is -2.56. The van der Waals surface area contributed by atoms with E-state index in [4.69, 9.17) is 23.2 Å². The predicted octanol–water partition coefficient (Wildman–Crippen LogP) is 2.99. The van der Waals surface area contributed by atoms with Crippen molar-refractivity contribution in [2.45, 2.75) is 23.5 Å². The van der Waals surface area contributed by atoms with Crippen LogP contribution in [0.1, 0.15) is 18.0 Å². The molecule has 3 N–H and O–H groups in total. The Morgan fingerprint density at radius 2 is 1.81 bits per heavy atom. The van der Waals surface area contributed by atoms with Crippen molar-refractivity contribution >= 4 is 51.1 Å². The molecule has 2 unspecified atom stereocenters. The molecule has 1 saturated heterocycles. The number of hydrogen-bond donors (Lipinski definition) is 3. The van der Waals surface area contributed by atoms with E-state index in [0.29, 0.717) is 0 Å². The van der Waals surface area contributed by atoms with Crippen molar-refractivity contribution in [3.05, 3.63) is 76.5 Å². The maximum atomic E-state index is 13.5. The van der Waals surface area contributed by atoms with Crippen molar-refractivity contribution in [2.75, 3.05) is 19.6 Å². The van der Waals surface area contributed by atoms with Crippen molar-refractivity contribution < 1.29 is 32.3 Å². The van der Waals surface area contributed by atoms with Crippen LogP contribution in [0.5, 0.6) is 0 Å². The third kappa shape index (κ3) is 6.58. The van der Waals surface area contributed by atoms with Gasteiger partial charge in [0.05, 0.1) is 27.4 Å². The van der Waals surface area contributed by atoms with Crippen LogP contribution < -0.4 is 10.6 Å². The summed E-state index contributed by atoms with van der Waals surface area (Å²) < 4.78 is 41.2. The Labute approximate surface area is 222 Å². The Hall–Kier alpha value is -3.19. The monoisotopic (exact) mass is 572 g/mol. The highest BCUT2D eigenvalue weighted by Gasteiger charge is 2.47. The van der Waals surface area contributed by atoms with E-state index in [9.17, 15) is 32.3 Å². The van der Waals surface area contributed by atoms with Gasteiger partial charge in [0.15, 0.2) is 6.17 Å². The fraction of sp³-hybridized carbons (Fsp3) is 0.261. The summed E-state index contributed by atoms with van der Waals surface area (Å²) >= 11 is 11.9. The van der Waals surface area contributed by atoms with Crippen LogP contribution in [0, 0.1) is 5.82 Å². The zero-order chi connectivity index (χ0) is 27.3. The van der Waals surface area contributed by atoms with Gasteiger partial charge in [-0.1, -0.05) is 41.4 Å². The lowest BCUT2D eigenvalue weighted by Gasteiger charge is -2.30. The fourth-order valence-corrected chi connectivity index (χ4v) is 5.68. The molecule has 37 heavy (non-hydrogen) atoms. The third-order valence-corrected chi connectivity index (χ3v) is 8.08. The molecule has 3 amide bonds. The SMILES string of the molecule is C=CCNC(=O)N1CCN(S(=O)(=O)c2ccc(Cl)c(Cl)c2)C1C(=O)NC(CC(=O)O)c1ccc(F)cc1. The van der Waals surface area contributed by atoms with Gasteiger partial charge in [0.1, 0.15) is 5.82 Å². The summed E-state index contributed by atoms with van der Waals surface area (Å²) in [5.41, 5.74) is 0.275. The summed E-state index contributed by atoms with van der Waals surface area (Å²) in [7, 11) is -4.37. The number of carbonyl (C=O) groups is 3. The maximum Gasteiger partial charge on any atom is 0.319 e. The van der Waals surface area contributed by atoms with Crippen molar-refractivity contribution in [1.29, 1.82) is 0 Å². The average molecular weight is 573 g/mol. The molecule has 198 valence electrons. The number of benzene rings is 2. The summed E-state index contributed by atoms with van der Waals surface area (Å²) in [6, 6.07) is 6.55. The van der Waals surface area contributed by atoms with Crippen LogP contribution in [-0.2, 0) is 19.6 Å². The molecule has 2 aromatic rings. The summed E-state index contributed by atoms with van der Waals surface area (Å²) in [6.45, 7) is 3.19. The molecule has 14 heteroatoms. The van der Waals surface area contributed by atoms with Gasteiger partial charge in [-0.3, -0.25) is 14.5 Å². The number of carboxylic acid groups (broad SMARTS) is 1. The molecule has 3 rings (SSSR count). The van der Waals surface area contributed by atoms with E-state index in [-0.39, 0.29) is 40.1 Å². The molecule has 2 aromatic carbocycles. The van der Waals surface area contributed by atoms with Crippen molar-refractivity contribution in [2.24, 2.45) is 0 Å². The number of rotatable bonds is 9. The minimum absolute atomic E-state index is 0.0265. The summed E-state index contributed by atoms with van der Waals surface area (Å²) in [6.07, 6.45) is -0.835. The van der Waals surface area contributed by atoms with Gasteiger partial charge in [-0.2, -0.15) is 4.31 Å². The zero-order valence-corrected chi connectivity index (χ0v) is 21.6. The van der Waals surface area contributed by atoms with Gasteiger partial charge in [-0.05, 0) is 35.9 Å². The Morgan fingerprint density at radius 3 is 2.41 bits per heavy atom. The smallest absolute Gasteiger partial charge is 0.319 e. The topological polar surface area (TPSA) is 136 Å². The van der Waals surface area contributed by atoms with Crippen LogP contribution in [0.25, 0.3) is 0 Å². The number of nitrogens with one attached hydrogen (secondary N) is 2. The quantitative estimate of drug-likeness (QED) is 0.395. The van der Waals surface area contributed by atoms with Crippen molar-refractivity contribution in [3.63, 3.8) is 0 Å². The average Bonchev–Trinajstić information content (AvgIpc) is 3.30. The van der Waals surface area contributed by atoms with Gasteiger partial charge in [0, 0.05) is 19.6 Å². The van der Waals surface area contributed by atoms with E-state index < -0.39 is 52.4 Å². The number of carboxylic acids is 1. The molecular weight excluding hydrogens is 550 g/mol. The van der Waals surface area contributed by atoms with Crippen molar-refractivity contribution in [1.82, 2.24) is 19.8 Å². The van der Waals surface area contributed by atoms with Crippen LogP contribution in [0.3, 0.4) is 0 Å². The molecule has 0 aliphatic carbocycles. The second-order valence-electron chi connectivity index (χ2n) is 7.94. The van der Waals surface area contributed by atoms with Crippen LogP contribution >= 0.6 is 23.2 Å². The fourth-order valence-electron chi connectivity index (χ4n) is 3.74. The molecule has 1 fully saturated rings. The molecule has 1 aliphatic rings. The lowest BCUT2D eigenvalue weighted by molar-refractivity contribution is -0.138. The minimum atomic E-state index is -4.37. The highest BCUT2D eigenvalue weighted by molar-refractivity contribution is 7.89.